The molecule has 0 spiro atoms. The summed E-state index contributed by atoms with van der Waals surface area (Å²) < 4.78 is 27.5. The molecule has 3 N–H and O–H groups in total. The van der Waals surface area contributed by atoms with E-state index >= 15 is 0 Å². The van der Waals surface area contributed by atoms with Gasteiger partial charge in [-0.2, -0.15) is 5.10 Å². The molecular weight excluding hydrogens is 264 g/mol. The highest BCUT2D eigenvalue weighted by molar-refractivity contribution is 7.89. The third-order valence-corrected chi connectivity index (χ3v) is 4.64. The lowest BCUT2D eigenvalue weighted by Gasteiger charge is -2.14. The minimum Gasteiger partial charge on any atom is -0.311 e. The Balaban J connectivity index is 2.96. The van der Waals surface area contributed by atoms with Crippen molar-refractivity contribution in [3.8, 4) is 0 Å². The fraction of sp³-hybridized carbons (Fsp3) is 0.750. The molecule has 0 aliphatic rings. The molecule has 0 saturated carbocycles. The monoisotopic (exact) mass is 288 g/mol. The number of hydrogen-bond acceptors (Lipinski definition) is 4. The Bertz CT molecular complexity index is 496. The molecule has 0 amide bonds. The highest BCUT2D eigenvalue weighted by atomic mass is 32.2. The van der Waals surface area contributed by atoms with Crippen LogP contribution in [0.1, 0.15) is 45.0 Å². The fourth-order valence-corrected chi connectivity index (χ4v) is 3.65. The van der Waals surface area contributed by atoms with Gasteiger partial charge in [0.15, 0.2) is 0 Å². The summed E-state index contributed by atoms with van der Waals surface area (Å²) in [4.78, 5) is 0.274. The van der Waals surface area contributed by atoms with E-state index in [9.17, 15) is 8.42 Å². The second kappa shape index (κ2) is 7.02. The Kier molecular flexibility index (Phi) is 5.96. The first kappa shape index (κ1) is 16.1. The molecule has 7 heteroatoms. The first-order valence-corrected chi connectivity index (χ1v) is 8.17. The molecular formula is C12H24N4O2S. The highest BCUT2D eigenvalue weighted by Crippen LogP contribution is 2.18. The van der Waals surface area contributed by atoms with E-state index in [1.807, 2.05) is 20.8 Å². The average Bonchev–Trinajstić information content (AvgIpc) is 2.68. The van der Waals surface area contributed by atoms with Crippen molar-refractivity contribution in [1.82, 2.24) is 20.2 Å². The number of nitrogens with zero attached hydrogens (tertiary/aromatic N) is 1. The molecule has 1 atom stereocenters. The van der Waals surface area contributed by atoms with Crippen molar-refractivity contribution >= 4 is 10.0 Å². The standard InChI is InChI=1S/C12H24N4O2S/c1-5-7-9(3)16-19(17,18)12-10(4)14-15-11(12)8-13-6-2/h9,13,16H,5-8H2,1-4H3,(H,14,15). The maximum absolute atomic E-state index is 12.4. The molecule has 0 aromatic carbocycles. The van der Waals surface area contributed by atoms with Crippen molar-refractivity contribution in [2.24, 2.45) is 0 Å². The van der Waals surface area contributed by atoms with Crippen molar-refractivity contribution in [3.63, 3.8) is 0 Å². The third-order valence-electron chi connectivity index (χ3n) is 2.85. The molecule has 0 radical (unpaired) electrons. The molecule has 1 aromatic heterocycles. The number of rotatable bonds is 8. The van der Waals surface area contributed by atoms with Crippen molar-refractivity contribution in [2.75, 3.05) is 6.54 Å². The molecule has 0 bridgehead atoms. The number of H-pyrrole nitrogens is 1. The summed E-state index contributed by atoms with van der Waals surface area (Å²) in [5.41, 5.74) is 1.11. The summed E-state index contributed by atoms with van der Waals surface area (Å²) in [6.07, 6.45) is 1.76. The SMILES string of the molecule is CCCC(C)NS(=O)(=O)c1c(CNCC)n[nH]c1C. The number of aromatic amines is 1. The van der Waals surface area contributed by atoms with Gasteiger partial charge in [0, 0.05) is 12.6 Å². The van der Waals surface area contributed by atoms with Crippen LogP contribution in [0.2, 0.25) is 0 Å². The summed E-state index contributed by atoms with van der Waals surface area (Å²) in [5.74, 6) is 0. The van der Waals surface area contributed by atoms with Crippen molar-refractivity contribution in [3.05, 3.63) is 11.4 Å². The summed E-state index contributed by atoms with van der Waals surface area (Å²) in [7, 11) is -3.51. The van der Waals surface area contributed by atoms with E-state index in [4.69, 9.17) is 0 Å². The molecule has 0 saturated heterocycles. The maximum atomic E-state index is 12.4. The first-order valence-electron chi connectivity index (χ1n) is 6.69. The second-order valence-electron chi connectivity index (χ2n) is 4.72. The summed E-state index contributed by atoms with van der Waals surface area (Å²) >= 11 is 0. The molecule has 0 aliphatic heterocycles. The molecule has 19 heavy (non-hydrogen) atoms. The largest absolute Gasteiger partial charge is 0.311 e. The number of aryl methyl sites for hydroxylation is 1. The van der Waals surface area contributed by atoms with Crippen molar-refractivity contribution in [1.29, 1.82) is 0 Å². The highest BCUT2D eigenvalue weighted by Gasteiger charge is 2.25. The molecule has 110 valence electrons. The lowest BCUT2D eigenvalue weighted by molar-refractivity contribution is 0.541. The fourth-order valence-electron chi connectivity index (χ4n) is 2.00. The number of aromatic nitrogens is 2. The van der Waals surface area contributed by atoms with Gasteiger partial charge in [-0.15, -0.1) is 0 Å². The van der Waals surface area contributed by atoms with E-state index in [1.165, 1.54) is 0 Å². The van der Waals surface area contributed by atoms with Crippen LogP contribution >= 0.6 is 0 Å². The van der Waals surface area contributed by atoms with Crippen LogP contribution in [-0.4, -0.2) is 31.2 Å². The van der Waals surface area contributed by atoms with Gasteiger partial charge in [-0.25, -0.2) is 13.1 Å². The quantitative estimate of drug-likeness (QED) is 0.673. The molecule has 1 unspecified atom stereocenters. The predicted octanol–water partition coefficient (Wildman–Crippen LogP) is 1.29. The van der Waals surface area contributed by atoms with Gasteiger partial charge in [-0.3, -0.25) is 5.10 Å². The van der Waals surface area contributed by atoms with Crippen LogP contribution in [0.3, 0.4) is 0 Å². The van der Waals surface area contributed by atoms with Gasteiger partial charge in [-0.05, 0) is 26.8 Å². The molecule has 0 fully saturated rings. The van der Waals surface area contributed by atoms with Crippen LogP contribution in [0.15, 0.2) is 4.90 Å². The van der Waals surface area contributed by atoms with Gasteiger partial charge in [0.2, 0.25) is 10.0 Å². The summed E-state index contributed by atoms with van der Waals surface area (Å²) in [6.45, 7) is 8.81. The molecule has 1 rings (SSSR count). The van der Waals surface area contributed by atoms with E-state index in [2.05, 4.69) is 20.2 Å². The van der Waals surface area contributed by atoms with Crippen molar-refractivity contribution < 1.29 is 8.42 Å². The predicted molar refractivity (Wildman–Crippen MR) is 75.4 cm³/mol. The maximum Gasteiger partial charge on any atom is 0.244 e. The molecule has 1 aromatic rings. The first-order chi connectivity index (χ1) is 8.92. The zero-order chi connectivity index (χ0) is 14.5. The van der Waals surface area contributed by atoms with Crippen LogP contribution in [0, 0.1) is 6.92 Å². The van der Waals surface area contributed by atoms with Crippen LogP contribution in [0.5, 0.6) is 0 Å². The van der Waals surface area contributed by atoms with E-state index in [0.29, 0.717) is 17.9 Å². The van der Waals surface area contributed by atoms with E-state index in [0.717, 1.165) is 19.4 Å². The van der Waals surface area contributed by atoms with Gasteiger partial charge < -0.3 is 5.32 Å². The van der Waals surface area contributed by atoms with E-state index < -0.39 is 10.0 Å². The smallest absolute Gasteiger partial charge is 0.244 e. The van der Waals surface area contributed by atoms with Crippen molar-refractivity contribution in [2.45, 2.75) is 58.0 Å². The lowest BCUT2D eigenvalue weighted by atomic mass is 10.2. The van der Waals surface area contributed by atoms with Gasteiger partial charge >= 0.3 is 0 Å². The van der Waals surface area contributed by atoms with Crippen LogP contribution in [0.25, 0.3) is 0 Å². The summed E-state index contributed by atoms with van der Waals surface area (Å²) in [6, 6.07) is -0.0729. The van der Waals surface area contributed by atoms with Gasteiger partial charge in [0.25, 0.3) is 0 Å². The second-order valence-corrected chi connectivity index (χ2v) is 6.37. The Labute approximate surface area is 115 Å². The average molecular weight is 288 g/mol. The minimum absolute atomic E-state index is 0.0729. The van der Waals surface area contributed by atoms with E-state index in [1.54, 1.807) is 6.92 Å². The van der Waals surface area contributed by atoms with Gasteiger partial charge in [0.05, 0.1) is 11.4 Å². The summed E-state index contributed by atoms with van der Waals surface area (Å²) in [5, 5.41) is 9.91. The number of hydrogen-bond donors (Lipinski definition) is 3. The zero-order valence-electron chi connectivity index (χ0n) is 12.1. The normalized spacial score (nSPS) is 13.7. The Morgan fingerprint density at radius 2 is 2.05 bits per heavy atom. The Morgan fingerprint density at radius 1 is 1.37 bits per heavy atom. The number of sulfonamides is 1. The van der Waals surface area contributed by atoms with Gasteiger partial charge in [-0.1, -0.05) is 20.3 Å². The Morgan fingerprint density at radius 3 is 2.63 bits per heavy atom. The topological polar surface area (TPSA) is 86.9 Å². The molecule has 1 heterocycles. The zero-order valence-corrected chi connectivity index (χ0v) is 12.9. The minimum atomic E-state index is -3.51. The Hall–Kier alpha value is -0.920. The molecule has 6 nitrogen and oxygen atoms in total. The number of nitrogens with one attached hydrogen (secondary N) is 3. The van der Waals surface area contributed by atoms with Crippen LogP contribution < -0.4 is 10.0 Å². The van der Waals surface area contributed by atoms with Gasteiger partial charge in [0.1, 0.15) is 4.90 Å². The third kappa shape index (κ3) is 4.29. The van der Waals surface area contributed by atoms with Crippen LogP contribution in [-0.2, 0) is 16.6 Å². The van der Waals surface area contributed by atoms with Crippen LogP contribution in [0.4, 0.5) is 0 Å². The molecule has 0 aliphatic carbocycles. The lowest BCUT2D eigenvalue weighted by Crippen LogP contribution is -2.33. The van der Waals surface area contributed by atoms with E-state index in [-0.39, 0.29) is 10.9 Å².